The Bertz CT molecular complexity index is 1430. The molecule has 0 saturated carbocycles. The average molecular weight is 839 g/mol. The highest BCUT2D eigenvalue weighted by Gasteiger charge is 2.54. The Morgan fingerprint density at radius 3 is 2.67 bits per heavy atom. The van der Waals surface area contributed by atoms with E-state index in [4.69, 9.17) is 19.0 Å². The van der Waals surface area contributed by atoms with Gasteiger partial charge in [0.1, 0.15) is 23.5 Å². The number of ether oxygens (including phenoxy) is 3. The number of amides is 1. The van der Waals surface area contributed by atoms with Gasteiger partial charge in [0.25, 0.3) is 5.91 Å². The summed E-state index contributed by atoms with van der Waals surface area (Å²) >= 11 is 13.8. The van der Waals surface area contributed by atoms with Gasteiger partial charge in [0, 0.05) is 23.8 Å². The minimum Gasteiger partial charge on any atom is -0.507 e. The monoisotopic (exact) mass is 835 g/mol. The van der Waals surface area contributed by atoms with Crippen molar-refractivity contribution >= 4 is 87.3 Å². The van der Waals surface area contributed by atoms with E-state index in [2.05, 4.69) is 79.2 Å². The molecule has 2 unspecified atom stereocenters. The lowest BCUT2D eigenvalue weighted by Crippen LogP contribution is -2.49. The number of ketones is 1. The lowest BCUT2D eigenvalue weighted by atomic mass is 10.0. The molecule has 3 N–H and O–H groups in total. The summed E-state index contributed by atoms with van der Waals surface area (Å²) in [6.07, 6.45) is 5.05. The number of hydrogen-bond donors (Lipinski definition) is 3. The molecule has 42 heavy (non-hydrogen) atoms. The first-order valence-corrected chi connectivity index (χ1v) is 15.7. The second-order valence-corrected chi connectivity index (χ2v) is 12.6. The Morgan fingerprint density at radius 2 is 2.00 bits per heavy atom. The highest BCUT2D eigenvalue weighted by molar-refractivity contribution is 9.12. The highest BCUT2D eigenvalue weighted by atomic mass is 79.9. The molecular formula is C27H25Br4N3O8. The summed E-state index contributed by atoms with van der Waals surface area (Å²) < 4.78 is 19.4. The summed E-state index contributed by atoms with van der Waals surface area (Å²) in [5.74, 6) is -1.47. The van der Waals surface area contributed by atoms with Gasteiger partial charge in [-0.05, 0) is 90.5 Å². The maximum absolute atomic E-state index is 12.7. The van der Waals surface area contributed by atoms with Crippen LogP contribution in [0.25, 0.3) is 0 Å². The molecule has 1 aliphatic carbocycles. The minimum absolute atomic E-state index is 0.0500. The quantitative estimate of drug-likeness (QED) is 0.208. The third-order valence-electron chi connectivity index (χ3n) is 6.23. The van der Waals surface area contributed by atoms with Gasteiger partial charge in [-0.1, -0.05) is 21.1 Å². The van der Waals surface area contributed by atoms with Crippen molar-refractivity contribution < 1.29 is 38.9 Å². The standard InChI is InChI=1S/C27H25Br4N3O8/c1-39-23-18(30)11-27(41-13-19(23)31)25(37)22(34-42-27)26(38)33-6-2-8-40-24-16(28)9-14(10-17(24)29)5-7-32-12-15-20(35)3-4-21(15)36/h3-4,9-10,12-13,25,35,37H,2,5-8,11H2,1H3,(H,33,38). The maximum atomic E-state index is 12.7. The number of nitrogens with zero attached hydrogens (tertiary/aromatic N) is 2. The fraction of sp³-hybridized carbons (Fsp3) is 0.333. The van der Waals surface area contributed by atoms with E-state index in [1.807, 2.05) is 12.1 Å². The Hall–Kier alpha value is -2.46. The summed E-state index contributed by atoms with van der Waals surface area (Å²) in [7, 11) is 1.49. The Labute approximate surface area is 274 Å². The predicted octanol–water partition coefficient (Wildman–Crippen LogP) is 5.01. The molecule has 1 aromatic carbocycles. The molecule has 2 atom stereocenters. The molecular weight excluding hydrogens is 814 g/mol. The topological polar surface area (TPSA) is 148 Å². The smallest absolute Gasteiger partial charge is 0.311 e. The molecule has 2 heterocycles. The number of hydrogen-bond acceptors (Lipinski definition) is 10. The van der Waals surface area contributed by atoms with Crippen LogP contribution in [0.2, 0.25) is 0 Å². The Balaban J connectivity index is 1.22. The average Bonchev–Trinajstić information content (AvgIpc) is 3.39. The van der Waals surface area contributed by atoms with E-state index in [1.54, 1.807) is 0 Å². The molecule has 0 fully saturated rings. The number of carbonyl (C=O) groups is 2. The molecule has 224 valence electrons. The van der Waals surface area contributed by atoms with Gasteiger partial charge in [-0.15, -0.1) is 0 Å². The van der Waals surface area contributed by atoms with E-state index >= 15 is 0 Å². The van der Waals surface area contributed by atoms with E-state index in [1.165, 1.54) is 31.7 Å². The lowest BCUT2D eigenvalue weighted by molar-refractivity contribution is -0.225. The van der Waals surface area contributed by atoms with Crippen molar-refractivity contribution in [2.24, 2.45) is 10.1 Å². The van der Waals surface area contributed by atoms with Crippen LogP contribution >= 0.6 is 63.7 Å². The van der Waals surface area contributed by atoms with Crippen molar-refractivity contribution in [1.29, 1.82) is 0 Å². The fourth-order valence-electron chi connectivity index (χ4n) is 4.07. The van der Waals surface area contributed by atoms with Crippen LogP contribution in [0.3, 0.4) is 0 Å². The van der Waals surface area contributed by atoms with Gasteiger partial charge in [0.2, 0.25) is 0 Å². The second kappa shape index (κ2) is 14.3. The zero-order valence-corrected chi connectivity index (χ0v) is 28.4. The van der Waals surface area contributed by atoms with Crippen molar-refractivity contribution in [3.8, 4) is 5.75 Å². The van der Waals surface area contributed by atoms with Crippen molar-refractivity contribution in [3.05, 3.63) is 71.1 Å². The molecule has 1 amide bonds. The number of nitrogens with one attached hydrogen (secondary N) is 1. The summed E-state index contributed by atoms with van der Waals surface area (Å²) in [6, 6.07) is 3.83. The summed E-state index contributed by atoms with van der Waals surface area (Å²) in [6.45, 7) is 0.991. The second-order valence-electron chi connectivity index (χ2n) is 9.11. The number of methoxy groups -OCH3 is 1. The minimum atomic E-state index is -1.61. The van der Waals surface area contributed by atoms with Gasteiger partial charge in [0.05, 0.1) is 39.1 Å². The van der Waals surface area contributed by atoms with E-state index < -0.39 is 17.8 Å². The zero-order valence-electron chi connectivity index (χ0n) is 22.0. The number of halogens is 4. The fourth-order valence-corrected chi connectivity index (χ4v) is 7.11. The van der Waals surface area contributed by atoms with Gasteiger partial charge in [-0.25, -0.2) is 0 Å². The molecule has 4 rings (SSSR count). The lowest BCUT2D eigenvalue weighted by Gasteiger charge is -2.27. The van der Waals surface area contributed by atoms with Crippen LogP contribution in [-0.2, 0) is 30.3 Å². The van der Waals surface area contributed by atoms with Crippen molar-refractivity contribution in [3.63, 3.8) is 0 Å². The van der Waals surface area contributed by atoms with Crippen molar-refractivity contribution in [1.82, 2.24) is 5.32 Å². The van der Waals surface area contributed by atoms with Crippen LogP contribution in [0, 0.1) is 0 Å². The third-order valence-corrected chi connectivity index (χ3v) is 8.60. The van der Waals surface area contributed by atoms with E-state index in [0.29, 0.717) is 46.5 Å². The molecule has 3 aliphatic rings. The van der Waals surface area contributed by atoms with Crippen molar-refractivity contribution in [2.45, 2.75) is 31.2 Å². The van der Waals surface area contributed by atoms with E-state index in [-0.39, 0.29) is 35.8 Å². The number of oxime groups is 1. The molecule has 0 radical (unpaired) electrons. The number of carbonyl (C=O) groups excluding carboxylic acids is 2. The number of benzene rings is 1. The number of allylic oxidation sites excluding steroid dienone is 4. The van der Waals surface area contributed by atoms with Crippen LogP contribution in [0.4, 0.5) is 0 Å². The van der Waals surface area contributed by atoms with Gasteiger partial charge in [0.15, 0.2) is 17.6 Å². The van der Waals surface area contributed by atoms with Crippen LogP contribution in [0.15, 0.2) is 75.7 Å². The maximum Gasteiger partial charge on any atom is 0.311 e. The molecule has 0 saturated heterocycles. The molecule has 1 spiro atoms. The van der Waals surface area contributed by atoms with Crippen LogP contribution in [0.1, 0.15) is 18.4 Å². The predicted molar refractivity (Wildman–Crippen MR) is 169 cm³/mol. The normalized spacial score (nSPS) is 21.9. The summed E-state index contributed by atoms with van der Waals surface area (Å²) in [4.78, 5) is 34.0. The van der Waals surface area contributed by atoms with Crippen LogP contribution in [-0.4, -0.2) is 72.5 Å². The van der Waals surface area contributed by atoms with E-state index in [9.17, 15) is 19.8 Å². The first-order chi connectivity index (χ1) is 20.1. The Kier molecular flexibility index (Phi) is 11.1. The number of aliphatic hydroxyl groups excluding tert-OH is 2. The Morgan fingerprint density at radius 1 is 1.26 bits per heavy atom. The number of rotatable bonds is 11. The third kappa shape index (κ3) is 7.36. The van der Waals surface area contributed by atoms with Gasteiger partial charge in [-0.2, -0.15) is 0 Å². The first-order valence-electron chi connectivity index (χ1n) is 12.5. The zero-order chi connectivity index (χ0) is 30.4. The summed E-state index contributed by atoms with van der Waals surface area (Å²) in [5, 5.41) is 27.0. The van der Waals surface area contributed by atoms with Crippen molar-refractivity contribution in [2.75, 3.05) is 26.8 Å². The number of aliphatic imine (C=N–C) groups is 1. The van der Waals surface area contributed by atoms with Gasteiger partial charge >= 0.3 is 5.79 Å². The van der Waals surface area contributed by atoms with Gasteiger partial charge in [-0.3, -0.25) is 14.6 Å². The van der Waals surface area contributed by atoms with E-state index in [0.717, 1.165) is 14.5 Å². The largest absolute Gasteiger partial charge is 0.507 e. The molecule has 1 aromatic rings. The molecule has 0 bridgehead atoms. The molecule has 11 nitrogen and oxygen atoms in total. The van der Waals surface area contributed by atoms with Gasteiger partial charge < -0.3 is 34.6 Å². The van der Waals surface area contributed by atoms with Crippen LogP contribution in [0.5, 0.6) is 5.75 Å². The van der Waals surface area contributed by atoms with Crippen LogP contribution < -0.4 is 10.1 Å². The highest BCUT2D eigenvalue weighted by Crippen LogP contribution is 2.41. The molecule has 15 heteroatoms. The number of aliphatic hydroxyl groups is 2. The summed E-state index contributed by atoms with van der Waals surface area (Å²) in [5.41, 5.74) is 0.970. The molecule has 0 aromatic heterocycles. The SMILES string of the molecule is COC1=C(Br)CC2(OC=C1Br)ON=C(C(=O)NCCCOc1c(Br)cc(CCN=CC3=C(O)C=CC3=O)cc1Br)C2O. The molecule has 2 aliphatic heterocycles. The first kappa shape index (κ1) is 32.5.